The lowest BCUT2D eigenvalue weighted by atomic mass is 9.83. The summed E-state index contributed by atoms with van der Waals surface area (Å²) in [7, 11) is 0. The van der Waals surface area contributed by atoms with Gasteiger partial charge in [0.2, 0.25) is 0 Å². The molecule has 1 heterocycles. The molecule has 0 saturated heterocycles. The van der Waals surface area contributed by atoms with Crippen LogP contribution in [0.1, 0.15) is 52.4 Å². The van der Waals surface area contributed by atoms with Crippen LogP contribution >= 0.6 is 11.8 Å². The second-order valence-corrected chi connectivity index (χ2v) is 6.29. The maximum absolute atomic E-state index is 4.62. The monoisotopic (exact) mass is 240 g/mol. The summed E-state index contributed by atoms with van der Waals surface area (Å²) < 4.78 is 0. The van der Waals surface area contributed by atoms with Crippen molar-refractivity contribution in [2.45, 2.75) is 63.7 Å². The molecule has 0 aromatic carbocycles. The fourth-order valence-electron chi connectivity index (χ4n) is 2.75. The molecular formula is C13H24N2S. The van der Waals surface area contributed by atoms with Gasteiger partial charge in [0.25, 0.3) is 0 Å². The molecule has 3 atom stereocenters. The molecule has 0 spiro atoms. The third-order valence-electron chi connectivity index (χ3n) is 3.91. The molecule has 0 radical (unpaired) electrons. The van der Waals surface area contributed by atoms with E-state index in [0.717, 1.165) is 17.7 Å². The van der Waals surface area contributed by atoms with Gasteiger partial charge in [0, 0.05) is 11.3 Å². The fraction of sp³-hybridized carbons (Fsp3) is 0.923. The normalized spacial score (nSPS) is 34.9. The van der Waals surface area contributed by atoms with E-state index in [0.29, 0.717) is 6.04 Å². The lowest BCUT2D eigenvalue weighted by Gasteiger charge is -2.32. The minimum Gasteiger partial charge on any atom is -0.362 e. The molecule has 0 bridgehead atoms. The Labute approximate surface area is 104 Å². The van der Waals surface area contributed by atoms with Crippen LogP contribution in [0.4, 0.5) is 0 Å². The van der Waals surface area contributed by atoms with Crippen LogP contribution in [-0.2, 0) is 0 Å². The summed E-state index contributed by atoms with van der Waals surface area (Å²) in [6.07, 6.45) is 8.11. The quantitative estimate of drug-likeness (QED) is 0.817. The molecule has 3 unspecified atom stereocenters. The van der Waals surface area contributed by atoms with Crippen LogP contribution < -0.4 is 5.32 Å². The zero-order chi connectivity index (χ0) is 11.4. The van der Waals surface area contributed by atoms with E-state index in [-0.39, 0.29) is 0 Å². The molecule has 3 heteroatoms. The van der Waals surface area contributed by atoms with Crippen molar-refractivity contribution >= 4 is 16.9 Å². The van der Waals surface area contributed by atoms with E-state index in [9.17, 15) is 0 Å². The highest BCUT2D eigenvalue weighted by molar-refractivity contribution is 8.14. The van der Waals surface area contributed by atoms with Gasteiger partial charge in [-0.1, -0.05) is 44.9 Å². The Morgan fingerprint density at radius 1 is 1.25 bits per heavy atom. The maximum atomic E-state index is 4.62. The minimum absolute atomic E-state index is 0.695. The van der Waals surface area contributed by atoms with E-state index >= 15 is 0 Å². The average Bonchev–Trinajstić information content (AvgIpc) is 2.77. The van der Waals surface area contributed by atoms with Gasteiger partial charge in [-0.3, -0.25) is 4.99 Å². The summed E-state index contributed by atoms with van der Waals surface area (Å²) in [4.78, 5) is 4.62. The van der Waals surface area contributed by atoms with E-state index < -0.39 is 0 Å². The third-order valence-corrected chi connectivity index (χ3v) is 5.20. The van der Waals surface area contributed by atoms with Crippen LogP contribution in [0.5, 0.6) is 0 Å². The predicted molar refractivity (Wildman–Crippen MR) is 73.1 cm³/mol. The number of aliphatic imine (C=N–C) groups is 1. The largest absolute Gasteiger partial charge is 0.362 e. The van der Waals surface area contributed by atoms with Crippen LogP contribution in [-0.4, -0.2) is 23.0 Å². The van der Waals surface area contributed by atoms with Gasteiger partial charge in [-0.05, 0) is 25.2 Å². The molecule has 1 fully saturated rings. The van der Waals surface area contributed by atoms with E-state index in [1.54, 1.807) is 0 Å². The van der Waals surface area contributed by atoms with Gasteiger partial charge >= 0.3 is 0 Å². The molecule has 92 valence electrons. The predicted octanol–water partition coefficient (Wildman–Crippen LogP) is 3.43. The smallest absolute Gasteiger partial charge is 0.157 e. The van der Waals surface area contributed by atoms with Crippen LogP contribution in [0, 0.1) is 5.92 Å². The molecule has 16 heavy (non-hydrogen) atoms. The van der Waals surface area contributed by atoms with Gasteiger partial charge in [0.15, 0.2) is 5.17 Å². The maximum Gasteiger partial charge on any atom is 0.157 e. The van der Waals surface area contributed by atoms with Crippen molar-refractivity contribution in [2.24, 2.45) is 10.9 Å². The highest BCUT2D eigenvalue weighted by Crippen LogP contribution is 2.29. The van der Waals surface area contributed by atoms with Gasteiger partial charge in [-0.25, -0.2) is 0 Å². The molecule has 0 aromatic heterocycles. The van der Waals surface area contributed by atoms with Gasteiger partial charge in [-0.15, -0.1) is 0 Å². The van der Waals surface area contributed by atoms with E-state index in [2.05, 4.69) is 24.2 Å². The number of rotatable bonds is 3. The second-order valence-electron chi connectivity index (χ2n) is 5.00. The van der Waals surface area contributed by atoms with Crippen molar-refractivity contribution in [3.8, 4) is 0 Å². The standard InChI is InChI=1S/C13H24N2S/c1-3-10-7-5-6-8-12(10)15-13-14-9-11(4-2)16-13/h10-12H,3-9H2,1-2H3,(H,14,15). The van der Waals surface area contributed by atoms with E-state index in [1.165, 1.54) is 43.7 Å². The summed E-state index contributed by atoms with van der Waals surface area (Å²) in [5.74, 6) is 0.873. The molecule has 2 aliphatic rings. The number of hydrogen-bond acceptors (Lipinski definition) is 3. The number of hydrogen-bond donors (Lipinski definition) is 1. The van der Waals surface area contributed by atoms with Gasteiger partial charge in [0.05, 0.1) is 6.54 Å². The molecule has 0 aromatic rings. The summed E-state index contributed by atoms with van der Waals surface area (Å²) in [6.45, 7) is 5.60. The van der Waals surface area contributed by atoms with E-state index in [4.69, 9.17) is 0 Å². The number of nitrogens with one attached hydrogen (secondary N) is 1. The molecule has 1 saturated carbocycles. The summed E-state index contributed by atoms with van der Waals surface area (Å²) in [5.41, 5.74) is 0. The highest BCUT2D eigenvalue weighted by Gasteiger charge is 2.26. The molecule has 2 nitrogen and oxygen atoms in total. The number of amidine groups is 1. The molecule has 2 rings (SSSR count). The van der Waals surface area contributed by atoms with Crippen LogP contribution in [0.25, 0.3) is 0 Å². The lowest BCUT2D eigenvalue weighted by molar-refractivity contribution is 0.281. The highest BCUT2D eigenvalue weighted by atomic mass is 32.2. The first kappa shape index (κ1) is 12.3. The first-order chi connectivity index (χ1) is 7.83. The van der Waals surface area contributed by atoms with Gasteiger partial charge in [-0.2, -0.15) is 0 Å². The Balaban J connectivity index is 1.84. The SMILES string of the molecule is CCC1CN=C(NC2CCCCC2CC)S1. The molecule has 1 aliphatic heterocycles. The van der Waals surface area contributed by atoms with Crippen molar-refractivity contribution in [3.63, 3.8) is 0 Å². The van der Waals surface area contributed by atoms with Gasteiger partial charge in [0.1, 0.15) is 0 Å². The van der Waals surface area contributed by atoms with Crippen molar-refractivity contribution in [3.05, 3.63) is 0 Å². The Morgan fingerprint density at radius 2 is 2.06 bits per heavy atom. The van der Waals surface area contributed by atoms with Crippen LogP contribution in [0.15, 0.2) is 4.99 Å². The summed E-state index contributed by atoms with van der Waals surface area (Å²) >= 11 is 1.96. The summed E-state index contributed by atoms with van der Waals surface area (Å²) in [5, 5.41) is 5.64. The Hall–Kier alpha value is -0.180. The zero-order valence-electron chi connectivity index (χ0n) is 10.5. The lowest BCUT2D eigenvalue weighted by Crippen LogP contribution is -2.40. The molecular weight excluding hydrogens is 216 g/mol. The molecule has 1 aliphatic carbocycles. The van der Waals surface area contributed by atoms with Crippen molar-refractivity contribution < 1.29 is 0 Å². The summed E-state index contributed by atoms with van der Waals surface area (Å²) in [6, 6.07) is 0.695. The zero-order valence-corrected chi connectivity index (χ0v) is 11.4. The van der Waals surface area contributed by atoms with Crippen LogP contribution in [0.2, 0.25) is 0 Å². The Bertz CT molecular complexity index is 252. The Morgan fingerprint density at radius 3 is 2.75 bits per heavy atom. The van der Waals surface area contributed by atoms with Crippen molar-refractivity contribution in [2.75, 3.05) is 6.54 Å². The number of nitrogens with zero attached hydrogens (tertiary/aromatic N) is 1. The molecule has 1 N–H and O–H groups in total. The Kier molecular flexibility index (Phi) is 4.56. The topological polar surface area (TPSA) is 24.4 Å². The van der Waals surface area contributed by atoms with Crippen molar-refractivity contribution in [1.29, 1.82) is 0 Å². The first-order valence-corrected chi connectivity index (χ1v) is 7.69. The molecule has 0 amide bonds. The average molecular weight is 240 g/mol. The van der Waals surface area contributed by atoms with Crippen molar-refractivity contribution in [1.82, 2.24) is 5.32 Å². The van der Waals surface area contributed by atoms with Crippen LogP contribution in [0.3, 0.4) is 0 Å². The fourth-order valence-corrected chi connectivity index (χ4v) is 3.75. The minimum atomic E-state index is 0.695. The second kappa shape index (κ2) is 5.95. The van der Waals surface area contributed by atoms with Gasteiger partial charge < -0.3 is 5.32 Å². The number of thioether (sulfide) groups is 1. The first-order valence-electron chi connectivity index (χ1n) is 6.81. The van der Waals surface area contributed by atoms with E-state index in [1.807, 2.05) is 11.8 Å². The third kappa shape index (κ3) is 2.93.